The fraction of sp³-hybridized carbons (Fsp3) is 0.875. The van der Waals surface area contributed by atoms with E-state index in [9.17, 15) is 13.6 Å². The van der Waals surface area contributed by atoms with Crippen molar-refractivity contribution in [2.75, 3.05) is 26.9 Å². The third kappa shape index (κ3) is 6.73. The topological polar surface area (TPSA) is 47.6 Å². The van der Waals surface area contributed by atoms with E-state index in [0.717, 1.165) is 0 Å². The molecule has 0 rings (SSSR count). The Balaban J connectivity index is 3.31. The molecular formula is C8H15F2NO3. The molecule has 0 fully saturated rings. The summed E-state index contributed by atoms with van der Waals surface area (Å²) in [7, 11) is 1.29. The first kappa shape index (κ1) is 13.2. The van der Waals surface area contributed by atoms with E-state index in [0.29, 0.717) is 6.54 Å². The lowest BCUT2D eigenvalue weighted by molar-refractivity contribution is -0.142. The number of esters is 1. The van der Waals surface area contributed by atoms with Gasteiger partial charge in [0, 0.05) is 6.54 Å². The molecule has 0 saturated carbocycles. The predicted octanol–water partition coefficient (Wildman–Crippen LogP) is 0.419. The van der Waals surface area contributed by atoms with Crippen LogP contribution in [-0.2, 0) is 14.3 Å². The monoisotopic (exact) mass is 211 g/mol. The van der Waals surface area contributed by atoms with Gasteiger partial charge < -0.3 is 14.8 Å². The number of carbonyl (C=O) groups is 1. The molecule has 0 radical (unpaired) electrons. The Hall–Kier alpha value is -0.750. The van der Waals surface area contributed by atoms with Gasteiger partial charge in [0.15, 0.2) is 0 Å². The number of rotatable bonds is 7. The molecule has 0 aromatic rings. The van der Waals surface area contributed by atoms with E-state index in [1.807, 2.05) is 0 Å². The van der Waals surface area contributed by atoms with Crippen LogP contribution in [0.15, 0.2) is 0 Å². The van der Waals surface area contributed by atoms with Crippen LogP contribution in [-0.4, -0.2) is 45.3 Å². The van der Waals surface area contributed by atoms with Crippen LogP contribution >= 0.6 is 0 Å². The molecular weight excluding hydrogens is 196 g/mol. The van der Waals surface area contributed by atoms with Crippen LogP contribution in [0, 0.1) is 0 Å². The number of methoxy groups -OCH3 is 1. The SMILES string of the molecule is COC(=O)C(C)NCCOCC(F)F. The second-order valence-corrected chi connectivity index (χ2v) is 2.66. The summed E-state index contributed by atoms with van der Waals surface area (Å²) in [4.78, 5) is 10.8. The average molecular weight is 211 g/mol. The highest BCUT2D eigenvalue weighted by atomic mass is 19.3. The smallest absolute Gasteiger partial charge is 0.322 e. The van der Waals surface area contributed by atoms with Gasteiger partial charge in [-0.25, -0.2) is 8.78 Å². The molecule has 1 N–H and O–H groups in total. The Labute approximate surface area is 81.6 Å². The number of nitrogens with one attached hydrogen (secondary N) is 1. The first-order chi connectivity index (χ1) is 6.57. The van der Waals surface area contributed by atoms with E-state index in [-0.39, 0.29) is 12.6 Å². The fourth-order valence-corrected chi connectivity index (χ4v) is 0.780. The second kappa shape index (κ2) is 7.64. The highest BCUT2D eigenvalue weighted by Crippen LogP contribution is 1.91. The van der Waals surface area contributed by atoms with Crippen molar-refractivity contribution < 1.29 is 23.0 Å². The van der Waals surface area contributed by atoms with Gasteiger partial charge in [-0.3, -0.25) is 4.79 Å². The van der Waals surface area contributed by atoms with Gasteiger partial charge in [0.2, 0.25) is 0 Å². The molecule has 1 unspecified atom stereocenters. The largest absolute Gasteiger partial charge is 0.468 e. The first-order valence-electron chi connectivity index (χ1n) is 4.25. The third-order valence-electron chi connectivity index (χ3n) is 1.50. The standard InChI is InChI=1S/C8H15F2NO3/c1-6(8(12)13-2)11-3-4-14-5-7(9)10/h6-7,11H,3-5H2,1-2H3. The van der Waals surface area contributed by atoms with Crippen molar-refractivity contribution in [1.29, 1.82) is 0 Å². The molecule has 0 aromatic carbocycles. The van der Waals surface area contributed by atoms with Crippen LogP contribution in [0.1, 0.15) is 6.92 Å². The molecule has 0 aliphatic heterocycles. The van der Waals surface area contributed by atoms with Gasteiger partial charge in [0.25, 0.3) is 6.43 Å². The molecule has 0 bridgehead atoms. The minimum absolute atomic E-state index is 0.145. The Morgan fingerprint density at radius 2 is 2.14 bits per heavy atom. The number of ether oxygens (including phenoxy) is 2. The van der Waals surface area contributed by atoms with Crippen LogP contribution < -0.4 is 5.32 Å². The van der Waals surface area contributed by atoms with Gasteiger partial charge >= 0.3 is 5.97 Å². The van der Waals surface area contributed by atoms with Crippen molar-refractivity contribution in [3.8, 4) is 0 Å². The maximum atomic E-state index is 11.6. The molecule has 0 spiro atoms. The molecule has 0 saturated heterocycles. The molecule has 0 aliphatic carbocycles. The lowest BCUT2D eigenvalue weighted by atomic mass is 10.3. The Morgan fingerprint density at radius 3 is 2.64 bits per heavy atom. The van der Waals surface area contributed by atoms with E-state index in [2.05, 4.69) is 14.8 Å². The molecule has 14 heavy (non-hydrogen) atoms. The van der Waals surface area contributed by atoms with Gasteiger partial charge in [0.1, 0.15) is 12.6 Å². The van der Waals surface area contributed by atoms with Gasteiger partial charge in [-0.2, -0.15) is 0 Å². The summed E-state index contributed by atoms with van der Waals surface area (Å²) < 4.78 is 32.2. The van der Waals surface area contributed by atoms with Crippen molar-refractivity contribution >= 4 is 5.97 Å². The van der Waals surface area contributed by atoms with Crippen LogP contribution in [0.4, 0.5) is 8.78 Å². The Bertz CT molecular complexity index is 167. The average Bonchev–Trinajstić information content (AvgIpc) is 2.15. The maximum Gasteiger partial charge on any atom is 0.322 e. The van der Waals surface area contributed by atoms with Crippen LogP contribution in [0.2, 0.25) is 0 Å². The minimum atomic E-state index is -2.45. The molecule has 0 aromatic heterocycles. The normalized spacial score (nSPS) is 12.9. The number of hydrogen-bond donors (Lipinski definition) is 1. The molecule has 84 valence electrons. The van der Waals surface area contributed by atoms with Crippen LogP contribution in [0.3, 0.4) is 0 Å². The van der Waals surface area contributed by atoms with E-state index < -0.39 is 19.1 Å². The third-order valence-corrected chi connectivity index (χ3v) is 1.50. The van der Waals surface area contributed by atoms with Gasteiger partial charge in [-0.15, -0.1) is 0 Å². The number of hydrogen-bond acceptors (Lipinski definition) is 4. The second-order valence-electron chi connectivity index (χ2n) is 2.66. The van der Waals surface area contributed by atoms with E-state index in [1.165, 1.54) is 7.11 Å². The predicted molar refractivity (Wildman–Crippen MR) is 46.3 cm³/mol. The lowest BCUT2D eigenvalue weighted by Crippen LogP contribution is -2.37. The zero-order valence-electron chi connectivity index (χ0n) is 8.26. The fourth-order valence-electron chi connectivity index (χ4n) is 0.780. The van der Waals surface area contributed by atoms with Crippen molar-refractivity contribution in [2.45, 2.75) is 19.4 Å². The quantitative estimate of drug-likeness (QED) is 0.489. The number of alkyl halides is 2. The van der Waals surface area contributed by atoms with Crippen molar-refractivity contribution in [1.82, 2.24) is 5.32 Å². The number of carbonyl (C=O) groups excluding carboxylic acids is 1. The summed E-state index contributed by atoms with van der Waals surface area (Å²) in [5.74, 6) is -0.390. The van der Waals surface area contributed by atoms with Crippen molar-refractivity contribution in [2.24, 2.45) is 0 Å². The molecule has 0 amide bonds. The zero-order valence-corrected chi connectivity index (χ0v) is 8.26. The zero-order chi connectivity index (χ0) is 11.0. The maximum absolute atomic E-state index is 11.6. The highest BCUT2D eigenvalue weighted by molar-refractivity contribution is 5.74. The summed E-state index contributed by atoms with van der Waals surface area (Å²) in [6.07, 6.45) is -2.45. The van der Waals surface area contributed by atoms with Gasteiger partial charge in [-0.1, -0.05) is 0 Å². The van der Waals surface area contributed by atoms with Crippen LogP contribution in [0.5, 0.6) is 0 Å². The molecule has 0 heterocycles. The molecule has 1 atom stereocenters. The van der Waals surface area contributed by atoms with E-state index in [1.54, 1.807) is 6.92 Å². The van der Waals surface area contributed by atoms with Crippen LogP contribution in [0.25, 0.3) is 0 Å². The summed E-state index contributed by atoms with van der Waals surface area (Å²) in [5, 5.41) is 2.76. The summed E-state index contributed by atoms with van der Waals surface area (Å²) in [6.45, 7) is 1.53. The van der Waals surface area contributed by atoms with Gasteiger partial charge in [0.05, 0.1) is 13.7 Å². The minimum Gasteiger partial charge on any atom is -0.468 e. The molecule has 6 heteroatoms. The van der Waals surface area contributed by atoms with Crippen molar-refractivity contribution in [3.63, 3.8) is 0 Å². The van der Waals surface area contributed by atoms with E-state index in [4.69, 9.17) is 0 Å². The lowest BCUT2D eigenvalue weighted by Gasteiger charge is -2.11. The van der Waals surface area contributed by atoms with Gasteiger partial charge in [-0.05, 0) is 6.92 Å². The molecule has 0 aliphatic rings. The summed E-state index contributed by atoms with van der Waals surface area (Å²) in [6, 6.07) is -0.449. The highest BCUT2D eigenvalue weighted by Gasteiger charge is 2.11. The Kier molecular flexibility index (Phi) is 7.23. The van der Waals surface area contributed by atoms with E-state index >= 15 is 0 Å². The Morgan fingerprint density at radius 1 is 1.50 bits per heavy atom. The molecule has 4 nitrogen and oxygen atoms in total. The first-order valence-corrected chi connectivity index (χ1v) is 4.25. The summed E-state index contributed by atoms with van der Waals surface area (Å²) >= 11 is 0. The number of halogens is 2. The summed E-state index contributed by atoms with van der Waals surface area (Å²) in [5.41, 5.74) is 0. The van der Waals surface area contributed by atoms with Crippen molar-refractivity contribution in [3.05, 3.63) is 0 Å².